The molecule has 0 aliphatic carbocycles. The van der Waals surface area contributed by atoms with Crippen LogP contribution < -0.4 is 18.9 Å². The zero-order chi connectivity index (χ0) is 23.9. The summed E-state index contributed by atoms with van der Waals surface area (Å²) >= 11 is 0. The zero-order valence-electron chi connectivity index (χ0n) is 19.2. The van der Waals surface area contributed by atoms with Crippen molar-refractivity contribution in [3.8, 4) is 23.0 Å². The maximum atomic E-state index is 12.6. The van der Waals surface area contributed by atoms with E-state index in [-0.39, 0.29) is 25.5 Å². The number of benzene rings is 2. The van der Waals surface area contributed by atoms with E-state index in [2.05, 4.69) is 4.99 Å². The Bertz CT molecular complexity index is 1010. The first-order chi connectivity index (χ1) is 16.5. The normalized spacial score (nSPS) is 19.0. The summed E-state index contributed by atoms with van der Waals surface area (Å²) in [5.74, 6) is 2.13. The summed E-state index contributed by atoms with van der Waals surface area (Å²) < 4.78 is 21.9. The van der Waals surface area contributed by atoms with Crippen molar-refractivity contribution in [2.24, 2.45) is 4.99 Å². The van der Waals surface area contributed by atoms with Crippen LogP contribution in [0.25, 0.3) is 0 Å². The number of aliphatic hydroxyl groups is 2. The fraction of sp³-hybridized carbons (Fsp3) is 0.440. The number of likely N-dealkylation sites (tertiary alicyclic amines) is 1. The van der Waals surface area contributed by atoms with Crippen LogP contribution in [0.15, 0.2) is 47.5 Å². The Balaban J connectivity index is 1.43. The molecule has 0 radical (unpaired) electrons. The summed E-state index contributed by atoms with van der Waals surface area (Å²) in [5.41, 5.74) is 0.880. The summed E-state index contributed by atoms with van der Waals surface area (Å²) in [6, 6.07) is 12.3. The molecule has 182 valence electrons. The van der Waals surface area contributed by atoms with Gasteiger partial charge in [-0.1, -0.05) is 6.07 Å². The Morgan fingerprint density at radius 1 is 1.15 bits per heavy atom. The summed E-state index contributed by atoms with van der Waals surface area (Å²) in [6.07, 6.45) is -0.801. The van der Waals surface area contributed by atoms with Crippen LogP contribution in [0, 0.1) is 0 Å². The average molecular weight is 471 g/mol. The minimum absolute atomic E-state index is 0.0615. The summed E-state index contributed by atoms with van der Waals surface area (Å²) in [5, 5.41) is 21.0. The minimum Gasteiger partial charge on any atom is -0.497 e. The predicted octanol–water partition coefficient (Wildman–Crippen LogP) is 2.00. The SMILES string of the molecule is COc1ccc(OCCC(=O)N=C(CN2CC[C@H](O)C2)[C@H](O)c2ccc3c(c2)OCCO3)cc1. The smallest absolute Gasteiger partial charge is 0.249 e. The number of ether oxygens (including phenoxy) is 4. The van der Waals surface area contributed by atoms with E-state index in [1.807, 2.05) is 4.90 Å². The topological polar surface area (TPSA) is 110 Å². The van der Waals surface area contributed by atoms with Gasteiger partial charge in [-0.2, -0.15) is 0 Å². The van der Waals surface area contributed by atoms with Crippen LogP contribution in [-0.2, 0) is 4.79 Å². The van der Waals surface area contributed by atoms with Gasteiger partial charge in [-0.05, 0) is 48.4 Å². The molecule has 2 N–H and O–H groups in total. The quantitative estimate of drug-likeness (QED) is 0.536. The Morgan fingerprint density at radius 2 is 1.88 bits per heavy atom. The molecule has 2 aliphatic heterocycles. The number of amides is 1. The molecule has 34 heavy (non-hydrogen) atoms. The fourth-order valence-corrected chi connectivity index (χ4v) is 3.93. The monoisotopic (exact) mass is 470 g/mol. The Labute approximate surface area is 198 Å². The van der Waals surface area contributed by atoms with Gasteiger partial charge in [0.1, 0.15) is 30.8 Å². The molecule has 2 aromatic rings. The summed E-state index contributed by atoms with van der Waals surface area (Å²) in [6.45, 7) is 2.49. The maximum absolute atomic E-state index is 12.6. The van der Waals surface area contributed by atoms with Gasteiger partial charge in [-0.15, -0.1) is 0 Å². The molecule has 0 unspecified atom stereocenters. The van der Waals surface area contributed by atoms with Crippen molar-refractivity contribution in [2.45, 2.75) is 25.0 Å². The first kappa shape index (κ1) is 24.0. The lowest BCUT2D eigenvalue weighted by Gasteiger charge is -2.23. The van der Waals surface area contributed by atoms with Crippen LogP contribution >= 0.6 is 0 Å². The number of hydrogen-bond acceptors (Lipinski definition) is 8. The van der Waals surface area contributed by atoms with Gasteiger partial charge in [0.15, 0.2) is 11.5 Å². The number of aliphatic imine (C=N–C) groups is 1. The van der Waals surface area contributed by atoms with Crippen molar-refractivity contribution in [3.05, 3.63) is 48.0 Å². The molecule has 0 aromatic heterocycles. The van der Waals surface area contributed by atoms with E-state index in [4.69, 9.17) is 18.9 Å². The zero-order valence-corrected chi connectivity index (χ0v) is 19.2. The second-order valence-electron chi connectivity index (χ2n) is 8.25. The fourth-order valence-electron chi connectivity index (χ4n) is 3.93. The minimum atomic E-state index is -1.10. The number of fused-ring (bicyclic) bond motifs is 1. The molecule has 0 spiro atoms. The van der Waals surface area contributed by atoms with Crippen LogP contribution in [0.2, 0.25) is 0 Å². The molecule has 4 rings (SSSR count). The van der Waals surface area contributed by atoms with Crippen molar-refractivity contribution in [1.29, 1.82) is 0 Å². The number of nitrogens with zero attached hydrogens (tertiary/aromatic N) is 2. The number of hydrogen-bond donors (Lipinski definition) is 2. The number of aliphatic hydroxyl groups excluding tert-OH is 2. The van der Waals surface area contributed by atoms with Crippen LogP contribution in [0.4, 0.5) is 0 Å². The molecular formula is C25H30N2O7. The number of methoxy groups -OCH3 is 1. The van der Waals surface area contributed by atoms with E-state index in [0.717, 1.165) is 5.75 Å². The molecule has 2 aliphatic rings. The van der Waals surface area contributed by atoms with Crippen LogP contribution in [0.1, 0.15) is 24.5 Å². The van der Waals surface area contributed by atoms with Gasteiger partial charge in [-0.3, -0.25) is 9.69 Å². The van der Waals surface area contributed by atoms with Crippen LogP contribution in [-0.4, -0.2) is 79.4 Å². The number of carbonyl (C=O) groups excluding carboxylic acids is 1. The van der Waals surface area contributed by atoms with Crippen molar-refractivity contribution >= 4 is 11.6 Å². The molecule has 2 atom stereocenters. The van der Waals surface area contributed by atoms with E-state index < -0.39 is 12.2 Å². The molecular weight excluding hydrogens is 440 g/mol. The van der Waals surface area contributed by atoms with Crippen molar-refractivity contribution in [3.63, 3.8) is 0 Å². The molecule has 0 bridgehead atoms. The van der Waals surface area contributed by atoms with Crippen molar-refractivity contribution < 1.29 is 34.0 Å². The number of β-amino-alcohol motifs (C(OH)–C–C–N with tert-alkyl or cyclic N) is 1. The van der Waals surface area contributed by atoms with Gasteiger partial charge in [0.05, 0.1) is 32.0 Å². The van der Waals surface area contributed by atoms with E-state index >= 15 is 0 Å². The first-order valence-electron chi connectivity index (χ1n) is 11.4. The first-order valence-corrected chi connectivity index (χ1v) is 11.4. The molecule has 9 heteroatoms. The van der Waals surface area contributed by atoms with E-state index in [9.17, 15) is 15.0 Å². The molecule has 2 aromatic carbocycles. The molecule has 1 amide bonds. The largest absolute Gasteiger partial charge is 0.497 e. The third-order valence-electron chi connectivity index (χ3n) is 5.74. The van der Waals surface area contributed by atoms with Crippen LogP contribution in [0.5, 0.6) is 23.0 Å². The molecule has 2 heterocycles. The van der Waals surface area contributed by atoms with Gasteiger partial charge in [0.2, 0.25) is 5.91 Å². The number of carbonyl (C=O) groups is 1. The lowest BCUT2D eigenvalue weighted by molar-refractivity contribution is -0.118. The molecule has 1 fully saturated rings. The second kappa shape index (κ2) is 11.3. The lowest BCUT2D eigenvalue weighted by atomic mass is 10.0. The third-order valence-corrected chi connectivity index (χ3v) is 5.74. The summed E-state index contributed by atoms with van der Waals surface area (Å²) in [7, 11) is 1.59. The second-order valence-corrected chi connectivity index (χ2v) is 8.25. The highest BCUT2D eigenvalue weighted by Gasteiger charge is 2.26. The van der Waals surface area contributed by atoms with Crippen molar-refractivity contribution in [1.82, 2.24) is 4.90 Å². The van der Waals surface area contributed by atoms with E-state index in [0.29, 0.717) is 61.2 Å². The number of rotatable bonds is 9. The Kier molecular flexibility index (Phi) is 7.99. The average Bonchev–Trinajstić information content (AvgIpc) is 3.27. The van der Waals surface area contributed by atoms with Gasteiger partial charge < -0.3 is 29.2 Å². The lowest BCUT2D eigenvalue weighted by Crippen LogP contribution is -2.32. The molecule has 9 nitrogen and oxygen atoms in total. The van der Waals surface area contributed by atoms with Gasteiger partial charge in [-0.25, -0.2) is 4.99 Å². The van der Waals surface area contributed by atoms with Crippen LogP contribution in [0.3, 0.4) is 0 Å². The highest BCUT2D eigenvalue weighted by atomic mass is 16.6. The maximum Gasteiger partial charge on any atom is 0.249 e. The molecule has 1 saturated heterocycles. The molecule has 0 saturated carbocycles. The van der Waals surface area contributed by atoms with Gasteiger partial charge >= 0.3 is 0 Å². The third kappa shape index (κ3) is 6.25. The van der Waals surface area contributed by atoms with Crippen molar-refractivity contribution in [2.75, 3.05) is 46.6 Å². The van der Waals surface area contributed by atoms with E-state index in [1.54, 1.807) is 49.6 Å². The standard InChI is InChI=1S/C25H30N2O7/c1-31-19-3-5-20(6-4-19)32-11-9-24(29)26-21(16-27-10-8-18(28)15-27)25(30)17-2-7-22-23(14-17)34-13-12-33-22/h2-7,14,18,25,28,30H,8-13,15-16H2,1H3/t18-,25+/m0/s1. The predicted molar refractivity (Wildman–Crippen MR) is 125 cm³/mol. The highest BCUT2D eigenvalue weighted by Crippen LogP contribution is 2.33. The van der Waals surface area contributed by atoms with E-state index in [1.165, 1.54) is 0 Å². The Hall–Kier alpha value is -3.14. The van der Waals surface area contributed by atoms with Gasteiger partial charge in [0, 0.05) is 19.6 Å². The van der Waals surface area contributed by atoms with Gasteiger partial charge in [0.25, 0.3) is 0 Å². The Morgan fingerprint density at radius 3 is 2.59 bits per heavy atom. The summed E-state index contributed by atoms with van der Waals surface area (Å²) in [4.78, 5) is 18.9. The highest BCUT2D eigenvalue weighted by molar-refractivity contribution is 6.00.